The van der Waals surface area contributed by atoms with E-state index in [0.29, 0.717) is 12.8 Å². The van der Waals surface area contributed by atoms with Crippen LogP contribution in [0.15, 0.2) is 29.2 Å². The first-order valence-corrected chi connectivity index (χ1v) is 11.0. The molecular formula is C20H26N2O5S. The zero-order valence-electron chi connectivity index (χ0n) is 16.3. The Morgan fingerprint density at radius 1 is 1.18 bits per heavy atom. The van der Waals surface area contributed by atoms with E-state index in [2.05, 4.69) is 6.07 Å². The van der Waals surface area contributed by atoms with E-state index in [1.807, 2.05) is 6.92 Å². The fourth-order valence-electron chi connectivity index (χ4n) is 3.29. The maximum Gasteiger partial charge on any atom is 0.307 e. The van der Waals surface area contributed by atoms with Crippen LogP contribution in [0.4, 0.5) is 0 Å². The third-order valence-corrected chi connectivity index (χ3v) is 6.95. The molecule has 0 aliphatic heterocycles. The molecule has 0 unspecified atom stereocenters. The minimum absolute atomic E-state index is 0.148. The van der Waals surface area contributed by atoms with Crippen molar-refractivity contribution in [3.63, 3.8) is 0 Å². The lowest BCUT2D eigenvalue weighted by Crippen LogP contribution is -2.51. The standard InChI is InChI=1S/C20H26N2O5S/c1-16-6-8-17(9-7-16)28(25,26)13-10-19(24)27-14-18(23)22(2)20(15-21)11-4-3-5-12-20/h6-9H,3-5,10-14H2,1-2H3. The van der Waals surface area contributed by atoms with E-state index in [-0.39, 0.29) is 17.1 Å². The predicted molar refractivity (Wildman–Crippen MR) is 103 cm³/mol. The lowest BCUT2D eigenvalue weighted by molar-refractivity contribution is -0.153. The summed E-state index contributed by atoms with van der Waals surface area (Å²) in [7, 11) is -2.05. The fraction of sp³-hybridized carbons (Fsp3) is 0.550. The maximum atomic E-state index is 12.3. The lowest BCUT2D eigenvalue weighted by atomic mass is 9.81. The van der Waals surface area contributed by atoms with Gasteiger partial charge in [0.05, 0.1) is 23.1 Å². The Kier molecular flexibility index (Phi) is 7.19. The molecule has 28 heavy (non-hydrogen) atoms. The van der Waals surface area contributed by atoms with Gasteiger partial charge in [0.1, 0.15) is 5.54 Å². The summed E-state index contributed by atoms with van der Waals surface area (Å²) in [5.41, 5.74) is 0.0883. The van der Waals surface area contributed by atoms with Crippen LogP contribution in [0, 0.1) is 18.3 Å². The number of esters is 1. The van der Waals surface area contributed by atoms with Crippen LogP contribution in [0.2, 0.25) is 0 Å². The van der Waals surface area contributed by atoms with Crippen molar-refractivity contribution in [3.8, 4) is 6.07 Å². The first kappa shape index (κ1) is 21.9. The van der Waals surface area contributed by atoms with Crippen LogP contribution in [0.5, 0.6) is 0 Å². The van der Waals surface area contributed by atoms with Crippen molar-refractivity contribution in [1.82, 2.24) is 4.90 Å². The third kappa shape index (κ3) is 5.32. The molecule has 1 aromatic rings. The Morgan fingerprint density at radius 3 is 2.36 bits per heavy atom. The predicted octanol–water partition coefficient (Wildman–Crippen LogP) is 2.39. The number of nitrogens with zero attached hydrogens (tertiary/aromatic N) is 2. The first-order chi connectivity index (χ1) is 13.2. The zero-order valence-corrected chi connectivity index (χ0v) is 17.1. The molecular weight excluding hydrogens is 380 g/mol. The molecule has 8 heteroatoms. The van der Waals surface area contributed by atoms with Crippen LogP contribution in [-0.4, -0.2) is 50.1 Å². The third-order valence-electron chi connectivity index (χ3n) is 5.22. The van der Waals surface area contributed by atoms with E-state index in [9.17, 15) is 23.3 Å². The highest BCUT2D eigenvalue weighted by Crippen LogP contribution is 2.32. The van der Waals surface area contributed by atoms with E-state index in [4.69, 9.17) is 4.74 Å². The van der Waals surface area contributed by atoms with Crippen LogP contribution in [0.1, 0.15) is 44.1 Å². The highest BCUT2D eigenvalue weighted by molar-refractivity contribution is 7.91. The number of benzene rings is 1. The van der Waals surface area contributed by atoms with Gasteiger partial charge in [0.15, 0.2) is 16.4 Å². The second-order valence-electron chi connectivity index (χ2n) is 7.20. The zero-order chi connectivity index (χ0) is 20.8. The highest BCUT2D eigenvalue weighted by Gasteiger charge is 2.39. The fourth-order valence-corrected chi connectivity index (χ4v) is 4.51. The Hall–Kier alpha value is -2.40. The number of likely N-dealkylation sites (N-methyl/N-ethyl adjacent to an activating group) is 1. The second-order valence-corrected chi connectivity index (χ2v) is 9.31. The van der Waals surface area contributed by atoms with Crippen LogP contribution in [-0.2, 0) is 24.2 Å². The molecule has 0 atom stereocenters. The molecule has 1 saturated carbocycles. The van der Waals surface area contributed by atoms with Crippen molar-refractivity contribution in [2.45, 2.75) is 55.9 Å². The van der Waals surface area contributed by atoms with Crippen molar-refractivity contribution in [1.29, 1.82) is 5.26 Å². The summed E-state index contributed by atoms with van der Waals surface area (Å²) in [6.07, 6.45) is 3.67. The average molecular weight is 407 g/mol. The van der Waals surface area contributed by atoms with Gasteiger partial charge in [0.25, 0.3) is 5.91 Å². The van der Waals surface area contributed by atoms with E-state index < -0.39 is 33.9 Å². The molecule has 0 saturated heterocycles. The van der Waals surface area contributed by atoms with Crippen LogP contribution < -0.4 is 0 Å². The van der Waals surface area contributed by atoms with Gasteiger partial charge in [-0.2, -0.15) is 5.26 Å². The molecule has 1 aromatic carbocycles. The molecule has 7 nitrogen and oxygen atoms in total. The molecule has 1 amide bonds. The van der Waals surface area contributed by atoms with Gasteiger partial charge in [-0.1, -0.05) is 37.0 Å². The molecule has 0 N–H and O–H groups in total. The SMILES string of the molecule is Cc1ccc(S(=O)(=O)CCC(=O)OCC(=O)N(C)C2(C#N)CCCCC2)cc1. The smallest absolute Gasteiger partial charge is 0.307 e. The summed E-state index contributed by atoms with van der Waals surface area (Å²) < 4.78 is 29.5. The quantitative estimate of drug-likeness (QED) is 0.644. The maximum absolute atomic E-state index is 12.3. The number of carbonyl (C=O) groups is 2. The minimum Gasteiger partial charge on any atom is -0.456 e. The molecule has 1 fully saturated rings. The molecule has 1 aliphatic carbocycles. The number of ether oxygens (including phenoxy) is 1. The normalized spacial score (nSPS) is 16.0. The summed E-state index contributed by atoms with van der Waals surface area (Å²) in [6.45, 7) is 1.36. The average Bonchev–Trinajstić information content (AvgIpc) is 2.70. The Bertz CT molecular complexity index is 850. The minimum atomic E-state index is -3.60. The van der Waals surface area contributed by atoms with Gasteiger partial charge in [-0.3, -0.25) is 9.59 Å². The number of hydrogen-bond acceptors (Lipinski definition) is 6. The van der Waals surface area contributed by atoms with Gasteiger partial charge in [-0.25, -0.2) is 8.42 Å². The number of rotatable bonds is 7. The van der Waals surface area contributed by atoms with Crippen LogP contribution >= 0.6 is 0 Å². The van der Waals surface area contributed by atoms with E-state index in [1.54, 1.807) is 19.2 Å². The Morgan fingerprint density at radius 2 is 1.79 bits per heavy atom. The van der Waals surface area contributed by atoms with Crippen molar-refractivity contribution in [2.24, 2.45) is 0 Å². The number of sulfone groups is 1. The number of nitriles is 1. The molecule has 0 spiro atoms. The van der Waals surface area contributed by atoms with Crippen molar-refractivity contribution in [3.05, 3.63) is 29.8 Å². The second kappa shape index (κ2) is 9.20. The van der Waals surface area contributed by atoms with E-state index in [1.165, 1.54) is 17.0 Å². The Balaban J connectivity index is 1.85. The molecule has 0 radical (unpaired) electrons. The topological polar surface area (TPSA) is 105 Å². The number of carbonyl (C=O) groups excluding carboxylic acids is 2. The van der Waals surface area contributed by atoms with Gasteiger partial charge in [0, 0.05) is 7.05 Å². The van der Waals surface area contributed by atoms with Crippen molar-refractivity contribution in [2.75, 3.05) is 19.4 Å². The molecule has 152 valence electrons. The molecule has 2 rings (SSSR count). The molecule has 0 aromatic heterocycles. The van der Waals surface area contributed by atoms with Crippen LogP contribution in [0.3, 0.4) is 0 Å². The highest BCUT2D eigenvalue weighted by atomic mass is 32.2. The number of aryl methyl sites for hydroxylation is 1. The number of amides is 1. The van der Waals surface area contributed by atoms with Crippen LogP contribution in [0.25, 0.3) is 0 Å². The van der Waals surface area contributed by atoms with Crippen molar-refractivity contribution < 1.29 is 22.7 Å². The van der Waals surface area contributed by atoms with Gasteiger partial charge in [-0.15, -0.1) is 0 Å². The summed E-state index contributed by atoms with van der Waals surface area (Å²) in [5, 5.41) is 9.52. The molecule has 0 heterocycles. The Labute approximate surface area is 166 Å². The van der Waals surface area contributed by atoms with E-state index >= 15 is 0 Å². The lowest BCUT2D eigenvalue weighted by Gasteiger charge is -2.38. The largest absolute Gasteiger partial charge is 0.456 e. The van der Waals surface area contributed by atoms with Gasteiger partial charge < -0.3 is 9.64 Å². The van der Waals surface area contributed by atoms with Gasteiger partial charge in [0.2, 0.25) is 0 Å². The first-order valence-electron chi connectivity index (χ1n) is 9.33. The van der Waals surface area contributed by atoms with Gasteiger partial charge in [-0.05, 0) is 31.9 Å². The number of hydrogen-bond donors (Lipinski definition) is 0. The summed E-state index contributed by atoms with van der Waals surface area (Å²) >= 11 is 0. The summed E-state index contributed by atoms with van der Waals surface area (Å²) in [6, 6.07) is 8.62. The molecule has 1 aliphatic rings. The summed E-state index contributed by atoms with van der Waals surface area (Å²) in [4.78, 5) is 25.8. The van der Waals surface area contributed by atoms with E-state index in [0.717, 1.165) is 24.8 Å². The van der Waals surface area contributed by atoms with Crippen molar-refractivity contribution >= 4 is 21.7 Å². The van der Waals surface area contributed by atoms with Gasteiger partial charge >= 0.3 is 5.97 Å². The monoisotopic (exact) mass is 406 g/mol. The summed E-state index contributed by atoms with van der Waals surface area (Å²) in [5.74, 6) is -1.61. The molecule has 0 bridgehead atoms.